The van der Waals surface area contributed by atoms with Gasteiger partial charge in [-0.1, -0.05) is 109 Å². The van der Waals surface area contributed by atoms with Gasteiger partial charge in [0.2, 0.25) is 0 Å². The lowest BCUT2D eigenvalue weighted by Gasteiger charge is -2.26. The van der Waals surface area contributed by atoms with Gasteiger partial charge in [-0.3, -0.25) is 0 Å². The van der Waals surface area contributed by atoms with Crippen LogP contribution in [0.25, 0.3) is 22.3 Å². The van der Waals surface area contributed by atoms with E-state index in [0.717, 1.165) is 56.4 Å². The van der Waals surface area contributed by atoms with Gasteiger partial charge in [0, 0.05) is 45.3 Å². The molecule has 0 aliphatic carbocycles. The van der Waals surface area contributed by atoms with Gasteiger partial charge in [-0.15, -0.1) is 0 Å². The summed E-state index contributed by atoms with van der Waals surface area (Å²) in [4.78, 5) is 4.48. The molecule has 222 valence electrons. The van der Waals surface area contributed by atoms with Crippen molar-refractivity contribution < 1.29 is 0 Å². The molecule has 0 radical (unpaired) electrons. The smallest absolute Gasteiger partial charge is 0.0633 e. The van der Waals surface area contributed by atoms with Crippen LogP contribution in [0, 0.1) is 0 Å². The molecule has 0 saturated carbocycles. The van der Waals surface area contributed by atoms with E-state index >= 15 is 0 Å². The number of hydrogen-bond acceptors (Lipinski definition) is 4. The van der Waals surface area contributed by atoms with Crippen LogP contribution in [0.1, 0.15) is 0 Å². The average molecular weight is 595 g/mol. The van der Waals surface area contributed by atoms with E-state index < -0.39 is 0 Å². The molecule has 7 aromatic rings. The van der Waals surface area contributed by atoms with Gasteiger partial charge in [-0.25, -0.2) is 0 Å². The monoisotopic (exact) mass is 594 g/mol. The fourth-order valence-corrected chi connectivity index (χ4v) is 5.92. The Morgan fingerprint density at radius 2 is 0.500 bits per heavy atom. The van der Waals surface area contributed by atoms with E-state index in [1.165, 1.54) is 0 Å². The average Bonchev–Trinajstić information content (AvgIpc) is 3.12. The van der Waals surface area contributed by atoms with Gasteiger partial charge in [0.15, 0.2) is 0 Å². The van der Waals surface area contributed by atoms with Gasteiger partial charge in [-0.2, -0.15) is 0 Å². The molecule has 46 heavy (non-hydrogen) atoms. The topological polar surface area (TPSA) is 58.5 Å². The molecule has 0 atom stereocenters. The maximum atomic E-state index is 6.72. The lowest BCUT2D eigenvalue weighted by Crippen LogP contribution is -2.09. The van der Waals surface area contributed by atoms with Gasteiger partial charge in [0.1, 0.15) is 0 Å². The molecule has 0 bridgehead atoms. The fourth-order valence-electron chi connectivity index (χ4n) is 5.92. The van der Waals surface area contributed by atoms with Crippen LogP contribution in [0.4, 0.5) is 45.5 Å². The van der Waals surface area contributed by atoms with Gasteiger partial charge >= 0.3 is 0 Å². The second-order valence-corrected chi connectivity index (χ2v) is 11.1. The minimum Gasteiger partial charge on any atom is -0.397 e. The molecule has 7 aromatic carbocycles. The van der Waals surface area contributed by atoms with E-state index in [2.05, 4.69) is 168 Å². The Hall–Kier alpha value is -6.26. The van der Waals surface area contributed by atoms with E-state index in [4.69, 9.17) is 11.5 Å². The third kappa shape index (κ3) is 5.68. The summed E-state index contributed by atoms with van der Waals surface area (Å²) in [7, 11) is 0. The number of rotatable bonds is 8. The SMILES string of the molecule is Nc1c(-c2ccc(N(c3ccccc3)c3ccccc3)cc2)ccc(-c2ccc(N(c3ccccc3)c3ccccc3)cc2)c1N. The number of hydrogen-bond donors (Lipinski definition) is 2. The molecule has 0 aliphatic rings. The van der Waals surface area contributed by atoms with Crippen LogP contribution in [0.15, 0.2) is 182 Å². The number of anilines is 8. The normalized spacial score (nSPS) is 10.8. The van der Waals surface area contributed by atoms with Crippen molar-refractivity contribution in [2.45, 2.75) is 0 Å². The third-order valence-electron chi connectivity index (χ3n) is 8.22. The molecular formula is C42H34N4. The van der Waals surface area contributed by atoms with Crippen LogP contribution in [0.5, 0.6) is 0 Å². The van der Waals surface area contributed by atoms with Crippen LogP contribution in [0.2, 0.25) is 0 Å². The van der Waals surface area contributed by atoms with Crippen molar-refractivity contribution in [2.24, 2.45) is 0 Å². The molecule has 0 spiro atoms. The molecule has 4 nitrogen and oxygen atoms in total. The highest BCUT2D eigenvalue weighted by atomic mass is 15.1. The highest BCUT2D eigenvalue weighted by Gasteiger charge is 2.16. The van der Waals surface area contributed by atoms with Crippen LogP contribution < -0.4 is 21.3 Å². The van der Waals surface area contributed by atoms with E-state index in [9.17, 15) is 0 Å². The lowest BCUT2D eigenvalue weighted by molar-refractivity contribution is 1.28. The van der Waals surface area contributed by atoms with Crippen molar-refractivity contribution >= 4 is 45.5 Å². The van der Waals surface area contributed by atoms with Crippen molar-refractivity contribution in [1.82, 2.24) is 0 Å². The van der Waals surface area contributed by atoms with Crippen molar-refractivity contribution in [3.8, 4) is 22.3 Å². The first kappa shape index (κ1) is 28.5. The summed E-state index contributed by atoms with van der Waals surface area (Å²) >= 11 is 0. The summed E-state index contributed by atoms with van der Waals surface area (Å²) in [6, 6.07) is 62.6. The summed E-state index contributed by atoms with van der Waals surface area (Å²) in [5.74, 6) is 0. The predicted molar refractivity (Wildman–Crippen MR) is 196 cm³/mol. The zero-order chi connectivity index (χ0) is 31.3. The largest absolute Gasteiger partial charge is 0.397 e. The molecule has 0 aromatic heterocycles. The molecule has 4 N–H and O–H groups in total. The van der Waals surface area contributed by atoms with Crippen molar-refractivity contribution in [1.29, 1.82) is 0 Å². The molecule has 0 fully saturated rings. The van der Waals surface area contributed by atoms with Gasteiger partial charge in [0.05, 0.1) is 11.4 Å². The van der Waals surface area contributed by atoms with Gasteiger partial charge < -0.3 is 21.3 Å². The quantitative estimate of drug-likeness (QED) is 0.172. The molecule has 0 heterocycles. The second-order valence-electron chi connectivity index (χ2n) is 11.1. The Kier molecular flexibility index (Phi) is 7.91. The van der Waals surface area contributed by atoms with E-state index in [1.807, 2.05) is 24.3 Å². The molecule has 4 heteroatoms. The first-order chi connectivity index (χ1) is 22.7. The molecule has 0 saturated heterocycles. The van der Waals surface area contributed by atoms with E-state index in [1.54, 1.807) is 0 Å². The van der Waals surface area contributed by atoms with Crippen molar-refractivity contribution in [3.05, 3.63) is 182 Å². The maximum Gasteiger partial charge on any atom is 0.0633 e. The number of nitrogen functional groups attached to an aromatic ring is 2. The predicted octanol–water partition coefficient (Wildman–Crippen LogP) is 11.1. The maximum absolute atomic E-state index is 6.72. The molecule has 0 unspecified atom stereocenters. The highest BCUT2D eigenvalue weighted by Crippen LogP contribution is 2.41. The highest BCUT2D eigenvalue weighted by molar-refractivity contribution is 5.94. The standard InChI is InChI=1S/C42H34N4/c43-41-39(31-21-25-37(26-22-31)45(33-13-5-1-6-14-33)34-15-7-2-8-16-34)29-30-40(42(41)44)32-23-27-38(28-24-32)46(35-17-9-3-10-18-35)36-19-11-4-12-20-36/h1-30H,43-44H2. The van der Waals surface area contributed by atoms with Crippen LogP contribution in [0.3, 0.4) is 0 Å². The molecule has 7 rings (SSSR count). The number of nitrogens with zero attached hydrogens (tertiary/aromatic N) is 2. The molecule has 0 amide bonds. The lowest BCUT2D eigenvalue weighted by atomic mass is 9.96. The summed E-state index contributed by atoms with van der Waals surface area (Å²) in [5, 5.41) is 0. The zero-order valence-corrected chi connectivity index (χ0v) is 25.4. The minimum absolute atomic E-state index is 0.576. The Morgan fingerprint density at radius 1 is 0.261 bits per heavy atom. The number of para-hydroxylation sites is 4. The zero-order valence-electron chi connectivity index (χ0n) is 25.4. The number of nitrogens with two attached hydrogens (primary N) is 2. The fraction of sp³-hybridized carbons (Fsp3) is 0. The first-order valence-corrected chi connectivity index (χ1v) is 15.4. The summed E-state index contributed by atoms with van der Waals surface area (Å²) in [5.41, 5.74) is 24.9. The van der Waals surface area contributed by atoms with Crippen molar-refractivity contribution in [3.63, 3.8) is 0 Å². The van der Waals surface area contributed by atoms with E-state index in [0.29, 0.717) is 11.4 Å². The van der Waals surface area contributed by atoms with Gasteiger partial charge in [0.25, 0.3) is 0 Å². The minimum atomic E-state index is 0.576. The summed E-state index contributed by atoms with van der Waals surface area (Å²) < 4.78 is 0. The van der Waals surface area contributed by atoms with Crippen LogP contribution in [-0.4, -0.2) is 0 Å². The second kappa shape index (κ2) is 12.8. The Bertz CT molecular complexity index is 1800. The Balaban J connectivity index is 1.18. The Labute approximate surface area is 270 Å². The number of benzene rings is 7. The summed E-state index contributed by atoms with van der Waals surface area (Å²) in [6.07, 6.45) is 0. The molecule has 0 aliphatic heterocycles. The Morgan fingerprint density at radius 3 is 0.761 bits per heavy atom. The third-order valence-corrected chi connectivity index (χ3v) is 8.22. The van der Waals surface area contributed by atoms with Crippen LogP contribution >= 0.6 is 0 Å². The van der Waals surface area contributed by atoms with Crippen molar-refractivity contribution in [2.75, 3.05) is 21.3 Å². The van der Waals surface area contributed by atoms with Gasteiger partial charge in [-0.05, 0) is 83.9 Å². The summed E-state index contributed by atoms with van der Waals surface area (Å²) in [6.45, 7) is 0. The molecular weight excluding hydrogens is 560 g/mol. The first-order valence-electron chi connectivity index (χ1n) is 15.4. The van der Waals surface area contributed by atoms with Crippen LogP contribution in [-0.2, 0) is 0 Å². The van der Waals surface area contributed by atoms with E-state index in [-0.39, 0.29) is 0 Å².